The number of hydrogen-bond donors (Lipinski definition) is 1. The van der Waals surface area contributed by atoms with Crippen LogP contribution >= 0.6 is 0 Å². The normalized spacial score (nSPS) is 12.3. The van der Waals surface area contributed by atoms with Gasteiger partial charge in [0, 0.05) is 32.9 Å². The highest BCUT2D eigenvalue weighted by atomic mass is 32.2. The molecule has 7 heteroatoms. The van der Waals surface area contributed by atoms with E-state index in [4.69, 9.17) is 5.73 Å². The zero-order valence-electron chi connectivity index (χ0n) is 9.84. The van der Waals surface area contributed by atoms with Crippen molar-refractivity contribution in [3.05, 3.63) is 12.0 Å². The summed E-state index contributed by atoms with van der Waals surface area (Å²) in [4.78, 5) is 4.05. The van der Waals surface area contributed by atoms with Crippen LogP contribution in [0.15, 0.2) is 11.2 Å². The average Bonchev–Trinajstić information content (AvgIpc) is 2.60. The molecule has 1 rings (SSSR count). The molecule has 0 radical (unpaired) electrons. The molecule has 0 aromatic carbocycles. The Balaban J connectivity index is 3.07. The van der Waals surface area contributed by atoms with Gasteiger partial charge in [-0.1, -0.05) is 0 Å². The Morgan fingerprint density at radius 2 is 2.19 bits per heavy atom. The highest BCUT2D eigenvalue weighted by Crippen LogP contribution is 2.13. The fraction of sp³-hybridized carbons (Fsp3) is 0.667. The van der Waals surface area contributed by atoms with Crippen LogP contribution in [-0.2, 0) is 16.6 Å². The number of nitrogens with two attached hydrogens (primary N) is 1. The first-order valence-corrected chi connectivity index (χ1v) is 6.57. The van der Waals surface area contributed by atoms with Gasteiger partial charge < -0.3 is 10.3 Å². The summed E-state index contributed by atoms with van der Waals surface area (Å²) in [6.07, 6.45) is 1.55. The van der Waals surface area contributed by atoms with Crippen LogP contribution in [0, 0.1) is 6.92 Å². The second-order valence-electron chi connectivity index (χ2n) is 3.53. The van der Waals surface area contributed by atoms with E-state index in [1.807, 2.05) is 6.92 Å². The molecule has 1 aromatic heterocycles. The van der Waals surface area contributed by atoms with Crippen LogP contribution in [0.5, 0.6) is 0 Å². The lowest BCUT2D eigenvalue weighted by atomic mass is 10.6. The summed E-state index contributed by atoms with van der Waals surface area (Å²) in [7, 11) is -1.99. The summed E-state index contributed by atoms with van der Waals surface area (Å²) in [6.45, 7) is 5.01. The van der Waals surface area contributed by atoms with Gasteiger partial charge in [0.2, 0.25) is 0 Å². The van der Waals surface area contributed by atoms with Gasteiger partial charge >= 0.3 is 0 Å². The highest BCUT2D eigenvalue weighted by molar-refractivity contribution is 7.89. The first-order chi connectivity index (χ1) is 7.43. The fourth-order valence-corrected chi connectivity index (χ4v) is 2.56. The maximum Gasteiger partial charge on any atom is 0.261 e. The second kappa shape index (κ2) is 4.94. The first kappa shape index (κ1) is 13.1. The minimum atomic E-state index is -3.49. The second-order valence-corrected chi connectivity index (χ2v) is 5.52. The van der Waals surface area contributed by atoms with E-state index in [9.17, 15) is 8.42 Å². The van der Waals surface area contributed by atoms with E-state index in [1.165, 1.54) is 11.4 Å². The van der Waals surface area contributed by atoms with Crippen LogP contribution in [0.3, 0.4) is 0 Å². The zero-order valence-corrected chi connectivity index (χ0v) is 10.7. The predicted octanol–water partition coefficient (Wildman–Crippen LogP) is -0.209. The zero-order chi connectivity index (χ0) is 12.3. The van der Waals surface area contributed by atoms with Crippen molar-refractivity contribution in [3.8, 4) is 0 Å². The van der Waals surface area contributed by atoms with Gasteiger partial charge in [0.25, 0.3) is 10.0 Å². The van der Waals surface area contributed by atoms with Gasteiger partial charge in [0.1, 0.15) is 5.82 Å². The Labute approximate surface area is 96.1 Å². The molecular formula is C9H18N4O2S. The Morgan fingerprint density at radius 1 is 1.56 bits per heavy atom. The molecule has 0 fully saturated rings. The van der Waals surface area contributed by atoms with E-state index >= 15 is 0 Å². The quantitative estimate of drug-likeness (QED) is 0.779. The van der Waals surface area contributed by atoms with Crippen LogP contribution in [0.1, 0.15) is 12.7 Å². The van der Waals surface area contributed by atoms with Crippen LogP contribution in [0.4, 0.5) is 0 Å². The van der Waals surface area contributed by atoms with Crippen molar-refractivity contribution in [2.45, 2.75) is 25.4 Å². The standard InChI is InChI=1S/C9H18N4O2S/c1-4-13-7-9(11-8(13)2)16(14,15)12(3)6-5-10/h7H,4-6,10H2,1-3H3. The minimum absolute atomic E-state index is 0.0859. The van der Waals surface area contributed by atoms with Crippen LogP contribution in [0.2, 0.25) is 0 Å². The Morgan fingerprint density at radius 3 is 2.62 bits per heavy atom. The molecule has 0 atom stereocenters. The molecule has 92 valence electrons. The first-order valence-electron chi connectivity index (χ1n) is 5.13. The molecule has 0 aliphatic heterocycles. The number of hydrogen-bond acceptors (Lipinski definition) is 4. The molecule has 0 bridgehead atoms. The Kier molecular flexibility index (Phi) is 4.06. The molecule has 1 aromatic rings. The molecule has 1 heterocycles. The lowest BCUT2D eigenvalue weighted by Gasteiger charge is -2.13. The summed E-state index contributed by atoms with van der Waals surface area (Å²) in [6, 6.07) is 0. The van der Waals surface area contributed by atoms with Gasteiger partial charge in [-0.05, 0) is 13.8 Å². The maximum absolute atomic E-state index is 12.0. The summed E-state index contributed by atoms with van der Waals surface area (Å²) in [5, 5.41) is 0.0859. The predicted molar refractivity (Wildman–Crippen MR) is 61.5 cm³/mol. The van der Waals surface area contributed by atoms with Crippen molar-refractivity contribution in [2.75, 3.05) is 20.1 Å². The summed E-state index contributed by atoms with van der Waals surface area (Å²) >= 11 is 0. The summed E-state index contributed by atoms with van der Waals surface area (Å²) in [5.74, 6) is 0.697. The van der Waals surface area contributed by atoms with Crippen LogP contribution < -0.4 is 5.73 Å². The van der Waals surface area contributed by atoms with Crippen LogP contribution in [-0.4, -0.2) is 42.4 Å². The number of rotatable bonds is 5. The number of aryl methyl sites for hydroxylation is 2. The maximum atomic E-state index is 12.0. The highest BCUT2D eigenvalue weighted by Gasteiger charge is 2.23. The largest absolute Gasteiger partial charge is 0.334 e. The van der Waals surface area contributed by atoms with Crippen molar-refractivity contribution >= 4 is 10.0 Å². The summed E-state index contributed by atoms with van der Waals surface area (Å²) < 4.78 is 27.0. The lowest BCUT2D eigenvalue weighted by molar-refractivity contribution is 0.474. The molecule has 0 aliphatic rings. The fourth-order valence-electron chi connectivity index (χ4n) is 1.39. The molecule has 0 amide bonds. The molecule has 16 heavy (non-hydrogen) atoms. The third kappa shape index (κ3) is 2.42. The number of likely N-dealkylation sites (N-methyl/N-ethyl adjacent to an activating group) is 1. The van der Waals surface area contributed by atoms with Gasteiger partial charge in [-0.25, -0.2) is 13.4 Å². The van der Waals surface area contributed by atoms with E-state index in [-0.39, 0.29) is 5.03 Å². The molecule has 6 nitrogen and oxygen atoms in total. The topological polar surface area (TPSA) is 81.2 Å². The molecule has 0 saturated carbocycles. The van der Waals surface area contributed by atoms with Gasteiger partial charge in [-0.2, -0.15) is 4.31 Å². The molecule has 0 aliphatic carbocycles. The van der Waals surface area contributed by atoms with E-state index in [0.717, 1.165) is 0 Å². The molecular weight excluding hydrogens is 228 g/mol. The smallest absolute Gasteiger partial charge is 0.261 e. The Bertz CT molecular complexity index is 452. The average molecular weight is 246 g/mol. The van der Waals surface area contributed by atoms with Crippen molar-refractivity contribution in [1.82, 2.24) is 13.9 Å². The molecule has 2 N–H and O–H groups in total. The van der Waals surface area contributed by atoms with Crippen molar-refractivity contribution in [2.24, 2.45) is 5.73 Å². The number of nitrogens with zero attached hydrogens (tertiary/aromatic N) is 3. The monoisotopic (exact) mass is 246 g/mol. The van der Waals surface area contributed by atoms with E-state index in [1.54, 1.807) is 17.7 Å². The number of imidazole rings is 1. The molecule has 0 unspecified atom stereocenters. The number of aromatic nitrogens is 2. The lowest BCUT2D eigenvalue weighted by Crippen LogP contribution is -2.32. The van der Waals surface area contributed by atoms with Gasteiger partial charge in [-0.3, -0.25) is 0 Å². The van der Waals surface area contributed by atoms with Crippen LogP contribution in [0.25, 0.3) is 0 Å². The molecule has 0 spiro atoms. The summed E-state index contributed by atoms with van der Waals surface area (Å²) in [5.41, 5.74) is 5.33. The van der Waals surface area contributed by atoms with E-state index < -0.39 is 10.0 Å². The van der Waals surface area contributed by atoms with Crippen molar-refractivity contribution in [3.63, 3.8) is 0 Å². The minimum Gasteiger partial charge on any atom is -0.334 e. The van der Waals surface area contributed by atoms with Gasteiger partial charge in [0.05, 0.1) is 0 Å². The number of sulfonamides is 1. The SMILES string of the molecule is CCn1cc(S(=O)(=O)N(C)CCN)nc1C. The Hall–Kier alpha value is -0.920. The molecule has 0 saturated heterocycles. The third-order valence-electron chi connectivity index (χ3n) is 2.41. The van der Waals surface area contributed by atoms with E-state index in [2.05, 4.69) is 4.98 Å². The van der Waals surface area contributed by atoms with Crippen molar-refractivity contribution < 1.29 is 8.42 Å². The van der Waals surface area contributed by atoms with Crippen molar-refractivity contribution in [1.29, 1.82) is 0 Å². The van der Waals surface area contributed by atoms with Gasteiger partial charge in [0.15, 0.2) is 5.03 Å². The van der Waals surface area contributed by atoms with E-state index in [0.29, 0.717) is 25.5 Å². The third-order valence-corrected chi connectivity index (χ3v) is 4.14. The van der Waals surface area contributed by atoms with Gasteiger partial charge in [-0.15, -0.1) is 0 Å².